The number of aromatic nitrogens is 3. The molecule has 0 saturated carbocycles. The van der Waals surface area contributed by atoms with Crippen molar-refractivity contribution in [2.24, 2.45) is 0 Å². The summed E-state index contributed by atoms with van der Waals surface area (Å²) in [6.45, 7) is 0.283. The summed E-state index contributed by atoms with van der Waals surface area (Å²) < 4.78 is 72.5. The van der Waals surface area contributed by atoms with Crippen molar-refractivity contribution < 1.29 is 31.4 Å². The Kier molecular flexibility index (Phi) is 9.76. The molecule has 0 saturated heterocycles. The van der Waals surface area contributed by atoms with Crippen molar-refractivity contribution in [2.75, 3.05) is 24.3 Å². The van der Waals surface area contributed by atoms with Gasteiger partial charge in [-0.2, -0.15) is 0 Å². The lowest BCUT2D eigenvalue weighted by molar-refractivity contribution is 0.000265. The van der Waals surface area contributed by atoms with Gasteiger partial charge in [-0.15, -0.1) is 0 Å². The number of benzene rings is 3. The van der Waals surface area contributed by atoms with Crippen molar-refractivity contribution in [3.63, 3.8) is 0 Å². The maximum absolute atomic E-state index is 15.7. The summed E-state index contributed by atoms with van der Waals surface area (Å²) in [7, 11) is -3.59. The maximum Gasteiger partial charge on any atom is 0.197 e. The fourth-order valence-corrected chi connectivity index (χ4v) is 6.77. The van der Waals surface area contributed by atoms with Crippen LogP contribution in [-0.2, 0) is 31.5 Å². The van der Waals surface area contributed by atoms with Crippen molar-refractivity contribution >= 4 is 48.2 Å². The van der Waals surface area contributed by atoms with Crippen LogP contribution < -0.4 is 10.1 Å². The van der Waals surface area contributed by atoms with E-state index in [4.69, 9.17) is 14.2 Å². The molecule has 0 amide bonds. The van der Waals surface area contributed by atoms with Crippen molar-refractivity contribution in [1.29, 1.82) is 0 Å². The van der Waals surface area contributed by atoms with Gasteiger partial charge >= 0.3 is 0 Å². The van der Waals surface area contributed by atoms with E-state index in [2.05, 4.69) is 36.2 Å². The van der Waals surface area contributed by atoms with Gasteiger partial charge in [0, 0.05) is 41.7 Å². The fourth-order valence-electron chi connectivity index (χ4n) is 5.22. The minimum atomic E-state index is -3.59. The lowest BCUT2D eigenvalue weighted by atomic mass is 9.87. The van der Waals surface area contributed by atoms with Gasteiger partial charge < -0.3 is 19.5 Å². The average molecular weight is 724 g/mol. The van der Waals surface area contributed by atoms with Crippen LogP contribution in [0.4, 0.5) is 20.3 Å². The molecule has 1 atom stereocenters. The number of pyridine rings is 1. The number of hydrogen-bond acceptors (Lipinski definition) is 9. The molecule has 13 heteroatoms. The summed E-state index contributed by atoms with van der Waals surface area (Å²) in [4.78, 5) is 12.6. The normalized spacial score (nSPS) is 15.9. The van der Waals surface area contributed by atoms with E-state index in [1.165, 1.54) is 43.1 Å². The van der Waals surface area contributed by atoms with Gasteiger partial charge in [-0.05, 0) is 76.1 Å². The standard InChI is InChI=1S/C34H29BrF2N4O5S/c35-28-18-25(8-9-31(28)45-21-23-5-3-6-24(36)17-23)41-33-26-19-27(29(37)20-30(26)39-22-40-33)34(10-4-13-46-34)11-14-44-15-16-47(42,43)32-7-1-2-12-38-32/h1-9,12-13,17-20,22H,10-11,14-16,21H2,(H,39,40,41). The van der Waals surface area contributed by atoms with Crippen molar-refractivity contribution in [1.82, 2.24) is 15.0 Å². The zero-order chi connectivity index (χ0) is 32.9. The first-order valence-electron chi connectivity index (χ1n) is 14.7. The van der Waals surface area contributed by atoms with Gasteiger partial charge in [0.25, 0.3) is 0 Å². The van der Waals surface area contributed by atoms with Crippen LogP contribution in [0.1, 0.15) is 24.0 Å². The summed E-state index contributed by atoms with van der Waals surface area (Å²) in [5.41, 5.74) is 1.03. The van der Waals surface area contributed by atoms with E-state index in [-0.39, 0.29) is 42.8 Å². The maximum atomic E-state index is 15.7. The number of nitrogens with zero attached hydrogens (tertiary/aromatic N) is 3. The summed E-state index contributed by atoms with van der Waals surface area (Å²) in [6.07, 6.45) is 6.79. The summed E-state index contributed by atoms with van der Waals surface area (Å²) in [5.74, 6) is -0.0332. The predicted octanol–water partition coefficient (Wildman–Crippen LogP) is 7.40. The first-order chi connectivity index (χ1) is 22.7. The number of halogens is 3. The van der Waals surface area contributed by atoms with Gasteiger partial charge in [-0.3, -0.25) is 0 Å². The minimum Gasteiger partial charge on any atom is -0.490 e. The summed E-state index contributed by atoms with van der Waals surface area (Å²) in [6, 6.07) is 19.3. The van der Waals surface area contributed by atoms with Gasteiger partial charge in [0.1, 0.15) is 41.7 Å². The summed E-state index contributed by atoms with van der Waals surface area (Å²) in [5, 5.41) is 3.85. The minimum absolute atomic E-state index is 0.00855. The van der Waals surface area contributed by atoms with Crippen molar-refractivity contribution in [2.45, 2.75) is 30.1 Å². The molecule has 9 nitrogen and oxygen atoms in total. The molecule has 47 heavy (non-hydrogen) atoms. The third kappa shape index (κ3) is 7.58. The topological polar surface area (TPSA) is 113 Å². The molecular weight excluding hydrogens is 694 g/mol. The molecule has 5 aromatic rings. The highest BCUT2D eigenvalue weighted by Gasteiger charge is 2.38. The van der Waals surface area contributed by atoms with Gasteiger partial charge in [0.2, 0.25) is 0 Å². The zero-order valence-electron chi connectivity index (χ0n) is 24.9. The molecule has 0 bridgehead atoms. The third-order valence-corrected chi connectivity index (χ3v) is 9.84. The number of nitrogens with one attached hydrogen (secondary N) is 1. The SMILES string of the molecule is O=S(=O)(CCOCCC1(c2cc3c(Nc4ccc(OCc5cccc(F)c5)c(Br)c4)ncnc3cc2F)CC=CO1)c1ccccn1. The van der Waals surface area contributed by atoms with Crippen molar-refractivity contribution in [3.8, 4) is 5.75 Å². The molecule has 0 aliphatic carbocycles. The second-order valence-electron chi connectivity index (χ2n) is 10.8. The number of anilines is 2. The Hall–Kier alpha value is -4.46. The molecule has 242 valence electrons. The highest BCUT2D eigenvalue weighted by Crippen LogP contribution is 2.41. The first kappa shape index (κ1) is 32.5. The van der Waals surface area contributed by atoms with E-state index < -0.39 is 21.3 Å². The lowest BCUT2D eigenvalue weighted by Gasteiger charge is -2.30. The van der Waals surface area contributed by atoms with Crippen LogP contribution >= 0.6 is 15.9 Å². The summed E-state index contributed by atoms with van der Waals surface area (Å²) >= 11 is 3.54. The molecule has 0 spiro atoms. The molecule has 3 heterocycles. The van der Waals surface area contributed by atoms with Crippen LogP contribution in [0, 0.1) is 11.6 Å². The highest BCUT2D eigenvalue weighted by molar-refractivity contribution is 9.10. The van der Waals surface area contributed by atoms with Crippen LogP contribution in [0.15, 0.2) is 107 Å². The molecular formula is C34H29BrF2N4O5S. The molecule has 6 rings (SSSR count). The Labute approximate surface area is 278 Å². The van der Waals surface area contributed by atoms with Gasteiger partial charge in [-0.1, -0.05) is 18.2 Å². The largest absolute Gasteiger partial charge is 0.490 e. The Morgan fingerprint density at radius 3 is 2.64 bits per heavy atom. The second-order valence-corrected chi connectivity index (χ2v) is 13.7. The van der Waals surface area contributed by atoms with Crippen LogP contribution in [-0.4, -0.2) is 42.3 Å². The number of fused-ring (bicyclic) bond motifs is 1. The van der Waals surface area contributed by atoms with Crippen LogP contribution in [0.2, 0.25) is 0 Å². The van der Waals surface area contributed by atoms with E-state index in [9.17, 15) is 12.8 Å². The number of ether oxygens (including phenoxy) is 3. The van der Waals surface area contributed by atoms with Gasteiger partial charge in [0.05, 0.1) is 35.2 Å². The molecule has 1 aliphatic rings. The molecule has 0 fully saturated rings. The molecule has 3 aromatic carbocycles. The van der Waals surface area contributed by atoms with E-state index in [0.717, 1.165) is 0 Å². The molecule has 1 N–H and O–H groups in total. The first-order valence-corrected chi connectivity index (χ1v) is 17.1. The smallest absolute Gasteiger partial charge is 0.197 e. The van der Waals surface area contributed by atoms with Crippen LogP contribution in [0.5, 0.6) is 5.75 Å². The number of sulfone groups is 1. The molecule has 1 aliphatic heterocycles. The van der Waals surface area contributed by atoms with Crippen LogP contribution in [0.25, 0.3) is 10.9 Å². The number of hydrogen-bond donors (Lipinski definition) is 1. The number of rotatable bonds is 13. The average Bonchev–Trinajstić information content (AvgIpc) is 3.54. The predicted molar refractivity (Wildman–Crippen MR) is 176 cm³/mol. The van der Waals surface area contributed by atoms with Crippen molar-refractivity contribution in [3.05, 3.63) is 125 Å². The zero-order valence-corrected chi connectivity index (χ0v) is 27.3. The van der Waals surface area contributed by atoms with E-state index in [0.29, 0.717) is 50.2 Å². The van der Waals surface area contributed by atoms with E-state index >= 15 is 4.39 Å². The van der Waals surface area contributed by atoms with E-state index in [1.807, 2.05) is 12.1 Å². The Morgan fingerprint density at radius 2 is 1.87 bits per heavy atom. The fraction of sp³-hybridized carbons (Fsp3) is 0.206. The lowest BCUT2D eigenvalue weighted by Crippen LogP contribution is -2.28. The Morgan fingerprint density at radius 1 is 0.979 bits per heavy atom. The molecule has 2 aromatic heterocycles. The van der Waals surface area contributed by atoms with E-state index in [1.54, 1.807) is 42.5 Å². The quantitative estimate of drug-likeness (QED) is 0.124. The third-order valence-electron chi connectivity index (χ3n) is 7.63. The molecule has 0 radical (unpaired) electrons. The monoisotopic (exact) mass is 722 g/mol. The molecule has 1 unspecified atom stereocenters. The Bertz CT molecular complexity index is 2020. The van der Waals surface area contributed by atoms with Gasteiger partial charge in [0.15, 0.2) is 14.9 Å². The van der Waals surface area contributed by atoms with Crippen LogP contribution in [0.3, 0.4) is 0 Å². The Balaban J connectivity index is 1.16. The second kappa shape index (κ2) is 14.1. The highest BCUT2D eigenvalue weighted by atomic mass is 79.9. The van der Waals surface area contributed by atoms with Gasteiger partial charge in [-0.25, -0.2) is 32.2 Å².